The maximum Gasteiger partial charge on any atom is 0.573 e. The van der Waals surface area contributed by atoms with Crippen molar-refractivity contribution in [2.24, 2.45) is 5.92 Å². The van der Waals surface area contributed by atoms with Crippen LogP contribution >= 0.6 is 0 Å². The first-order valence-electron chi connectivity index (χ1n) is 6.91. The molecule has 1 fully saturated rings. The van der Waals surface area contributed by atoms with E-state index in [-0.39, 0.29) is 17.4 Å². The van der Waals surface area contributed by atoms with Crippen LogP contribution in [0.15, 0.2) is 24.3 Å². The van der Waals surface area contributed by atoms with Crippen LogP contribution in [0.25, 0.3) is 0 Å². The molecule has 1 aromatic carbocycles. The molecule has 0 bridgehead atoms. The van der Waals surface area contributed by atoms with Crippen LogP contribution in [0, 0.1) is 5.92 Å². The number of carbonyl (C=O) groups excluding carboxylic acids is 1. The van der Waals surface area contributed by atoms with Gasteiger partial charge in [0.05, 0.1) is 6.61 Å². The Kier molecular flexibility index (Phi) is 5.48. The van der Waals surface area contributed by atoms with E-state index in [0.717, 1.165) is 31.6 Å². The Morgan fingerprint density at radius 2 is 2.23 bits per heavy atom. The zero-order chi connectivity index (χ0) is 16.0. The van der Waals surface area contributed by atoms with Crippen molar-refractivity contribution in [3.63, 3.8) is 0 Å². The van der Waals surface area contributed by atoms with E-state index >= 15 is 0 Å². The summed E-state index contributed by atoms with van der Waals surface area (Å²) in [7, 11) is 0. The van der Waals surface area contributed by atoms with E-state index in [9.17, 15) is 18.0 Å². The van der Waals surface area contributed by atoms with Crippen LogP contribution in [0.5, 0.6) is 5.75 Å². The van der Waals surface area contributed by atoms with Gasteiger partial charge in [0, 0.05) is 24.9 Å². The van der Waals surface area contributed by atoms with Crippen LogP contribution < -0.4 is 15.4 Å². The van der Waals surface area contributed by atoms with Crippen LogP contribution in [-0.2, 0) is 4.74 Å². The van der Waals surface area contributed by atoms with E-state index in [1.807, 2.05) is 0 Å². The summed E-state index contributed by atoms with van der Waals surface area (Å²) in [6.07, 6.45) is -2.82. The van der Waals surface area contributed by atoms with Crippen LogP contribution in [0.1, 0.15) is 12.8 Å². The highest BCUT2D eigenvalue weighted by Crippen LogP contribution is 2.25. The number of hydrogen-bond donors (Lipinski definition) is 2. The van der Waals surface area contributed by atoms with Gasteiger partial charge in [-0.05, 0) is 30.9 Å². The standard InChI is InChI=1S/C14H17F3N2O3/c15-14(16,17)22-12-5-1-4-11(7-12)19-13(20)18-8-10-3-2-6-21-9-10/h1,4-5,7,10H,2-3,6,8-9H2,(H2,18,19,20). The van der Waals surface area contributed by atoms with Gasteiger partial charge in [0.2, 0.25) is 0 Å². The zero-order valence-corrected chi connectivity index (χ0v) is 11.8. The number of benzene rings is 1. The molecule has 1 aliphatic rings. The van der Waals surface area contributed by atoms with Gasteiger partial charge in [0.15, 0.2) is 0 Å². The number of rotatable bonds is 4. The summed E-state index contributed by atoms with van der Waals surface area (Å²) in [4.78, 5) is 11.7. The first-order chi connectivity index (χ1) is 10.4. The summed E-state index contributed by atoms with van der Waals surface area (Å²) < 4.78 is 45.5. The van der Waals surface area contributed by atoms with Crippen molar-refractivity contribution in [2.75, 3.05) is 25.1 Å². The minimum Gasteiger partial charge on any atom is -0.406 e. The molecular weight excluding hydrogens is 301 g/mol. The van der Waals surface area contributed by atoms with Crippen molar-refractivity contribution in [3.8, 4) is 5.75 Å². The molecule has 122 valence electrons. The Hall–Kier alpha value is -1.96. The molecule has 2 N–H and O–H groups in total. The topological polar surface area (TPSA) is 59.6 Å². The number of urea groups is 1. The summed E-state index contributed by atoms with van der Waals surface area (Å²) in [5.41, 5.74) is 0.221. The van der Waals surface area contributed by atoms with Gasteiger partial charge in [0.1, 0.15) is 5.75 Å². The van der Waals surface area contributed by atoms with Gasteiger partial charge in [-0.15, -0.1) is 13.2 Å². The molecule has 8 heteroatoms. The second kappa shape index (κ2) is 7.35. The molecule has 1 aromatic rings. The van der Waals surface area contributed by atoms with Gasteiger partial charge in [-0.3, -0.25) is 0 Å². The van der Waals surface area contributed by atoms with Crippen LogP contribution in [0.3, 0.4) is 0 Å². The highest BCUT2D eigenvalue weighted by molar-refractivity contribution is 5.89. The molecule has 2 amide bonds. The normalized spacial score (nSPS) is 18.6. The quantitative estimate of drug-likeness (QED) is 0.896. The highest BCUT2D eigenvalue weighted by atomic mass is 19.4. The second-order valence-corrected chi connectivity index (χ2v) is 4.99. The Morgan fingerprint density at radius 1 is 1.41 bits per heavy atom. The Balaban J connectivity index is 1.81. The van der Waals surface area contributed by atoms with E-state index < -0.39 is 12.4 Å². The number of hydrogen-bond acceptors (Lipinski definition) is 3. The summed E-state index contributed by atoms with van der Waals surface area (Å²) in [5, 5.41) is 5.14. The molecule has 22 heavy (non-hydrogen) atoms. The Bertz CT molecular complexity index is 502. The molecule has 1 unspecified atom stereocenters. The number of carbonyl (C=O) groups is 1. The van der Waals surface area contributed by atoms with E-state index in [1.54, 1.807) is 0 Å². The van der Waals surface area contributed by atoms with Gasteiger partial charge in [0.25, 0.3) is 0 Å². The maximum absolute atomic E-state index is 12.1. The summed E-state index contributed by atoms with van der Waals surface area (Å²) in [6.45, 7) is 1.81. The van der Waals surface area contributed by atoms with E-state index in [4.69, 9.17) is 4.74 Å². The first kappa shape index (κ1) is 16.4. The number of anilines is 1. The monoisotopic (exact) mass is 318 g/mol. The zero-order valence-electron chi connectivity index (χ0n) is 11.8. The van der Waals surface area contributed by atoms with Crippen molar-refractivity contribution in [3.05, 3.63) is 24.3 Å². The van der Waals surface area contributed by atoms with Gasteiger partial charge < -0.3 is 20.1 Å². The smallest absolute Gasteiger partial charge is 0.406 e. The molecule has 1 saturated heterocycles. The molecule has 1 aliphatic heterocycles. The van der Waals surface area contributed by atoms with E-state index in [1.165, 1.54) is 12.1 Å². The second-order valence-electron chi connectivity index (χ2n) is 4.99. The Labute approximate surface area is 125 Å². The van der Waals surface area contributed by atoms with Gasteiger partial charge in [-0.1, -0.05) is 6.07 Å². The molecule has 1 heterocycles. The van der Waals surface area contributed by atoms with Crippen molar-refractivity contribution in [1.82, 2.24) is 5.32 Å². The fourth-order valence-corrected chi connectivity index (χ4v) is 2.15. The van der Waals surface area contributed by atoms with Crippen LogP contribution in [0.2, 0.25) is 0 Å². The predicted octanol–water partition coefficient (Wildman–Crippen LogP) is 3.13. The van der Waals surface area contributed by atoms with Crippen molar-refractivity contribution in [1.29, 1.82) is 0 Å². The lowest BCUT2D eigenvalue weighted by atomic mass is 10.0. The number of nitrogens with one attached hydrogen (secondary N) is 2. The first-order valence-corrected chi connectivity index (χ1v) is 6.91. The van der Waals surface area contributed by atoms with Crippen LogP contribution in [0.4, 0.5) is 23.7 Å². The number of ether oxygens (including phenoxy) is 2. The average molecular weight is 318 g/mol. The summed E-state index contributed by atoms with van der Waals surface area (Å²) >= 11 is 0. The molecule has 1 atom stereocenters. The number of alkyl halides is 3. The van der Waals surface area contributed by atoms with Crippen molar-refractivity contribution < 1.29 is 27.4 Å². The maximum atomic E-state index is 12.1. The van der Waals surface area contributed by atoms with Crippen molar-refractivity contribution >= 4 is 11.7 Å². The summed E-state index contributed by atoms with van der Waals surface area (Å²) in [6, 6.07) is 4.64. The minimum atomic E-state index is -4.76. The lowest BCUT2D eigenvalue weighted by Crippen LogP contribution is -2.35. The molecular formula is C14H17F3N2O3. The third kappa shape index (κ3) is 5.80. The molecule has 0 aromatic heterocycles. The largest absolute Gasteiger partial charge is 0.573 e. The molecule has 0 saturated carbocycles. The Morgan fingerprint density at radius 3 is 2.91 bits per heavy atom. The third-order valence-corrected chi connectivity index (χ3v) is 3.13. The van der Waals surface area contributed by atoms with E-state index in [0.29, 0.717) is 13.2 Å². The lowest BCUT2D eigenvalue weighted by Gasteiger charge is -2.22. The number of amides is 2. The predicted molar refractivity (Wildman–Crippen MR) is 73.7 cm³/mol. The van der Waals surface area contributed by atoms with Gasteiger partial charge >= 0.3 is 12.4 Å². The fraction of sp³-hybridized carbons (Fsp3) is 0.500. The molecule has 0 radical (unpaired) electrons. The number of halogens is 3. The molecule has 0 aliphatic carbocycles. The van der Waals surface area contributed by atoms with Crippen molar-refractivity contribution in [2.45, 2.75) is 19.2 Å². The van der Waals surface area contributed by atoms with Crippen LogP contribution in [-0.4, -0.2) is 32.2 Å². The molecule has 5 nitrogen and oxygen atoms in total. The SMILES string of the molecule is O=C(NCC1CCCOC1)Nc1cccc(OC(F)(F)F)c1. The average Bonchev–Trinajstić information content (AvgIpc) is 2.45. The molecule has 0 spiro atoms. The highest BCUT2D eigenvalue weighted by Gasteiger charge is 2.31. The third-order valence-electron chi connectivity index (χ3n) is 3.13. The fourth-order valence-electron chi connectivity index (χ4n) is 2.15. The lowest BCUT2D eigenvalue weighted by molar-refractivity contribution is -0.274. The van der Waals surface area contributed by atoms with Gasteiger partial charge in [-0.25, -0.2) is 4.79 Å². The van der Waals surface area contributed by atoms with Gasteiger partial charge in [-0.2, -0.15) is 0 Å². The minimum absolute atomic E-state index is 0.221. The van der Waals surface area contributed by atoms with E-state index in [2.05, 4.69) is 15.4 Å². The summed E-state index contributed by atoms with van der Waals surface area (Å²) in [5.74, 6) is -0.120. The molecule has 2 rings (SSSR count).